The summed E-state index contributed by atoms with van der Waals surface area (Å²) in [5.41, 5.74) is 14.5. The lowest BCUT2D eigenvalue weighted by Crippen LogP contribution is -2.27. The van der Waals surface area contributed by atoms with Crippen LogP contribution in [0.5, 0.6) is 0 Å². The van der Waals surface area contributed by atoms with E-state index in [-0.39, 0.29) is 12.0 Å². The SMILES string of the molecule is C=CC1=NC2CC(=C)/N=C(/C=C)c3c(ccc4c3oc3cc(-c5c(C)cc(C)nc5C)ccc34)CCC2c2ccccc21. The molecule has 0 radical (unpaired) electrons. The molecule has 2 aliphatic heterocycles. The molecule has 4 heterocycles. The minimum absolute atomic E-state index is 0.0586. The summed E-state index contributed by atoms with van der Waals surface area (Å²) in [4.78, 5) is 14.9. The summed E-state index contributed by atoms with van der Waals surface area (Å²) in [6.45, 7) is 18.8. The van der Waals surface area contributed by atoms with Crippen LogP contribution in [0.25, 0.3) is 33.1 Å². The van der Waals surface area contributed by atoms with Gasteiger partial charge >= 0.3 is 0 Å². The molecule has 4 heteroatoms. The van der Waals surface area contributed by atoms with Gasteiger partial charge < -0.3 is 4.42 Å². The number of aryl methyl sites for hydroxylation is 4. The lowest BCUT2D eigenvalue weighted by atomic mass is 9.78. The summed E-state index contributed by atoms with van der Waals surface area (Å²) in [5.74, 6) is 0.258. The Morgan fingerprint density at radius 3 is 2.47 bits per heavy atom. The molecular formula is C39H35N3O. The first-order chi connectivity index (χ1) is 20.9. The number of aromatic nitrogens is 1. The van der Waals surface area contributed by atoms with Gasteiger partial charge in [-0.3, -0.25) is 15.0 Å². The highest BCUT2D eigenvalue weighted by Gasteiger charge is 2.32. The van der Waals surface area contributed by atoms with Gasteiger partial charge in [-0.1, -0.05) is 62.2 Å². The normalized spacial score (nSPS) is 19.6. The van der Waals surface area contributed by atoms with E-state index in [1.54, 1.807) is 0 Å². The molecule has 0 aliphatic carbocycles. The molecule has 0 amide bonds. The Kier molecular flexibility index (Phi) is 6.58. The number of benzene rings is 3. The summed E-state index contributed by atoms with van der Waals surface area (Å²) in [6, 6.07) is 21.7. The minimum Gasteiger partial charge on any atom is -0.455 e. The maximum absolute atomic E-state index is 6.73. The summed E-state index contributed by atoms with van der Waals surface area (Å²) in [7, 11) is 0. The van der Waals surface area contributed by atoms with Crippen LogP contribution >= 0.6 is 0 Å². The predicted octanol–water partition coefficient (Wildman–Crippen LogP) is 9.54. The summed E-state index contributed by atoms with van der Waals surface area (Å²) < 4.78 is 6.73. The minimum atomic E-state index is 0.0586. The maximum atomic E-state index is 6.73. The van der Waals surface area contributed by atoms with Crippen LogP contribution < -0.4 is 0 Å². The fourth-order valence-corrected chi connectivity index (χ4v) is 7.26. The van der Waals surface area contributed by atoms with Gasteiger partial charge in [-0.15, -0.1) is 0 Å². The average molecular weight is 562 g/mol. The number of furan rings is 1. The fraction of sp³-hybridized carbons (Fsp3) is 0.205. The Bertz CT molecular complexity index is 2030. The van der Waals surface area contributed by atoms with Crippen molar-refractivity contribution in [2.45, 2.75) is 52.0 Å². The molecule has 43 heavy (non-hydrogen) atoms. The van der Waals surface area contributed by atoms with Gasteiger partial charge in [-0.05, 0) is 86.2 Å². The quantitative estimate of drug-likeness (QED) is 0.220. The lowest BCUT2D eigenvalue weighted by Gasteiger charge is -2.32. The number of rotatable bonds is 3. The molecule has 2 unspecified atom stereocenters. The number of pyridine rings is 1. The molecule has 5 aromatic rings. The smallest absolute Gasteiger partial charge is 0.145 e. The fourth-order valence-electron chi connectivity index (χ4n) is 7.26. The Morgan fingerprint density at radius 2 is 1.67 bits per heavy atom. The molecule has 0 N–H and O–H groups in total. The van der Waals surface area contributed by atoms with E-state index >= 15 is 0 Å². The third-order valence-electron chi connectivity index (χ3n) is 9.04. The Labute approximate surface area is 252 Å². The first kappa shape index (κ1) is 27.0. The number of fused-ring (bicyclic) bond motifs is 8. The Balaban J connectivity index is 1.38. The zero-order valence-corrected chi connectivity index (χ0v) is 25.1. The van der Waals surface area contributed by atoms with E-state index in [1.807, 2.05) is 19.1 Å². The van der Waals surface area contributed by atoms with Crippen LogP contribution in [-0.2, 0) is 6.42 Å². The predicted molar refractivity (Wildman–Crippen MR) is 180 cm³/mol. The van der Waals surface area contributed by atoms with Gasteiger partial charge in [0.15, 0.2) is 0 Å². The van der Waals surface area contributed by atoms with Crippen molar-refractivity contribution in [2.24, 2.45) is 9.98 Å². The monoisotopic (exact) mass is 561 g/mol. The number of nitrogens with zero attached hydrogens (tertiary/aromatic N) is 3. The molecule has 0 bridgehead atoms. The van der Waals surface area contributed by atoms with Crippen LogP contribution in [0.4, 0.5) is 0 Å². The van der Waals surface area contributed by atoms with E-state index in [2.05, 4.69) is 94.2 Å². The zero-order chi connectivity index (χ0) is 29.8. The van der Waals surface area contributed by atoms with E-state index < -0.39 is 0 Å². The van der Waals surface area contributed by atoms with Crippen molar-refractivity contribution in [1.29, 1.82) is 0 Å². The first-order valence-electron chi connectivity index (χ1n) is 15.0. The van der Waals surface area contributed by atoms with Crippen LogP contribution in [0.1, 0.15) is 58.0 Å². The van der Waals surface area contributed by atoms with E-state index in [1.165, 1.54) is 22.3 Å². The van der Waals surface area contributed by atoms with E-state index in [0.29, 0.717) is 6.42 Å². The van der Waals surface area contributed by atoms with E-state index in [0.717, 1.165) is 80.0 Å². The molecule has 2 aliphatic rings. The first-order valence-corrected chi connectivity index (χ1v) is 15.0. The molecule has 7 rings (SSSR count). The number of hydrogen-bond acceptors (Lipinski definition) is 4. The van der Waals surface area contributed by atoms with Crippen molar-refractivity contribution >= 4 is 33.4 Å². The molecule has 0 saturated heterocycles. The second-order valence-corrected chi connectivity index (χ2v) is 11.8. The molecule has 0 saturated carbocycles. The molecule has 212 valence electrons. The largest absolute Gasteiger partial charge is 0.455 e. The Morgan fingerprint density at radius 1 is 0.884 bits per heavy atom. The van der Waals surface area contributed by atoms with Crippen molar-refractivity contribution in [3.8, 4) is 11.1 Å². The van der Waals surface area contributed by atoms with Crippen LogP contribution in [0.15, 0.2) is 113 Å². The van der Waals surface area contributed by atoms with Crippen LogP contribution in [0, 0.1) is 20.8 Å². The van der Waals surface area contributed by atoms with Gasteiger partial charge in [0.05, 0.1) is 17.5 Å². The summed E-state index contributed by atoms with van der Waals surface area (Å²) in [5, 5.41) is 2.16. The molecule has 2 aromatic heterocycles. The van der Waals surface area contributed by atoms with Gasteiger partial charge in [0, 0.05) is 56.9 Å². The van der Waals surface area contributed by atoms with Crippen LogP contribution in [0.3, 0.4) is 0 Å². The van der Waals surface area contributed by atoms with Gasteiger partial charge in [0.2, 0.25) is 0 Å². The highest BCUT2D eigenvalue weighted by atomic mass is 16.3. The van der Waals surface area contributed by atoms with Gasteiger partial charge in [0.1, 0.15) is 11.2 Å². The number of aliphatic imine (C=N–C) groups is 2. The second-order valence-electron chi connectivity index (χ2n) is 11.8. The summed E-state index contributed by atoms with van der Waals surface area (Å²) in [6.07, 6.45) is 6.20. The van der Waals surface area contributed by atoms with E-state index in [4.69, 9.17) is 19.4 Å². The molecule has 3 aromatic carbocycles. The third-order valence-corrected chi connectivity index (χ3v) is 9.04. The summed E-state index contributed by atoms with van der Waals surface area (Å²) >= 11 is 0. The van der Waals surface area contributed by atoms with Crippen molar-refractivity contribution < 1.29 is 4.42 Å². The Hall–Kier alpha value is -4.83. The van der Waals surface area contributed by atoms with Crippen molar-refractivity contribution in [3.05, 3.63) is 137 Å². The third kappa shape index (κ3) is 4.49. The zero-order valence-electron chi connectivity index (χ0n) is 25.1. The van der Waals surface area contributed by atoms with Crippen molar-refractivity contribution in [1.82, 2.24) is 4.98 Å². The van der Waals surface area contributed by atoms with E-state index in [9.17, 15) is 0 Å². The number of hydrogen-bond donors (Lipinski definition) is 0. The topological polar surface area (TPSA) is 50.8 Å². The molecular weight excluding hydrogens is 526 g/mol. The van der Waals surface area contributed by atoms with Crippen LogP contribution in [-0.4, -0.2) is 22.4 Å². The van der Waals surface area contributed by atoms with Crippen molar-refractivity contribution in [3.63, 3.8) is 0 Å². The number of allylic oxidation sites excluding steroid dienone is 2. The van der Waals surface area contributed by atoms with Crippen LogP contribution in [0.2, 0.25) is 0 Å². The molecule has 4 nitrogen and oxygen atoms in total. The average Bonchev–Trinajstić information content (AvgIpc) is 3.36. The standard InChI is InChI=1S/C39H35N3O/c1-7-33-29-12-10-9-11-28(29)30-16-13-26-14-18-32-31-17-15-27(37-22(3)19-23(4)40-25(37)6)21-36(31)43-39(32)38(26)34(8-2)41-24(5)20-35(30)42-33/h7-12,14-15,17-19,21,30,35H,1-2,5,13,16,20H2,3-4,6H3/b41-34-. The van der Waals surface area contributed by atoms with Gasteiger partial charge in [-0.2, -0.15) is 0 Å². The molecule has 2 atom stereocenters. The van der Waals surface area contributed by atoms with Crippen molar-refractivity contribution in [2.75, 3.05) is 0 Å². The maximum Gasteiger partial charge on any atom is 0.145 e. The molecule has 0 fully saturated rings. The highest BCUT2D eigenvalue weighted by Crippen LogP contribution is 2.41. The second kappa shape index (κ2) is 10.5. The highest BCUT2D eigenvalue weighted by molar-refractivity contribution is 6.20. The van der Waals surface area contributed by atoms with Gasteiger partial charge in [-0.25, -0.2) is 0 Å². The van der Waals surface area contributed by atoms with Gasteiger partial charge in [0.25, 0.3) is 0 Å². The molecule has 0 spiro atoms. The lowest BCUT2D eigenvalue weighted by molar-refractivity contribution is 0.490.